The Labute approximate surface area is 69.4 Å². The first-order valence-electron chi connectivity index (χ1n) is 3.97. The number of aromatic amines is 1. The summed E-state index contributed by atoms with van der Waals surface area (Å²) in [6.45, 7) is 1.35. The molecule has 2 aromatic heterocycles. The van der Waals surface area contributed by atoms with Crippen LogP contribution in [-0.2, 0) is 18.0 Å². The molecule has 0 unspecified atom stereocenters. The maximum Gasteiger partial charge on any atom is 0.0896 e. The van der Waals surface area contributed by atoms with Crippen LogP contribution in [0.25, 0.3) is 10.9 Å². The molecule has 0 atom stereocenters. The van der Waals surface area contributed by atoms with E-state index in [1.807, 2.05) is 18.5 Å². The van der Waals surface area contributed by atoms with Crippen molar-refractivity contribution in [1.82, 2.24) is 9.97 Å². The van der Waals surface area contributed by atoms with Gasteiger partial charge in [-0.3, -0.25) is 4.98 Å². The molecule has 0 amide bonds. The number of hydrogen-bond donors (Lipinski definition) is 1. The molecule has 0 radical (unpaired) electrons. The van der Waals surface area contributed by atoms with Gasteiger partial charge in [-0.15, -0.1) is 0 Å². The molecular weight excluding hydrogens is 152 g/mol. The van der Waals surface area contributed by atoms with Gasteiger partial charge >= 0.3 is 0 Å². The van der Waals surface area contributed by atoms with E-state index in [2.05, 4.69) is 9.97 Å². The Balaban J connectivity index is 2.46. The van der Waals surface area contributed by atoms with Gasteiger partial charge in [0.1, 0.15) is 0 Å². The minimum Gasteiger partial charge on any atom is -0.370 e. The lowest BCUT2D eigenvalue weighted by molar-refractivity contribution is 0.133. The molecule has 12 heavy (non-hydrogen) atoms. The fourth-order valence-corrected chi connectivity index (χ4v) is 1.65. The van der Waals surface area contributed by atoms with Crippen LogP contribution >= 0.6 is 0 Å². The first-order chi connectivity index (χ1) is 5.95. The molecule has 0 aromatic carbocycles. The smallest absolute Gasteiger partial charge is 0.0896 e. The lowest BCUT2D eigenvalue weighted by Gasteiger charge is -1.96. The second-order valence-electron chi connectivity index (χ2n) is 2.98. The second-order valence-corrected chi connectivity index (χ2v) is 2.98. The molecule has 1 aliphatic heterocycles. The normalized spacial score (nSPS) is 15.3. The number of nitrogens with zero attached hydrogens (tertiary/aromatic N) is 1. The van der Waals surface area contributed by atoms with Gasteiger partial charge < -0.3 is 9.72 Å². The van der Waals surface area contributed by atoms with Crippen LogP contribution in [0.15, 0.2) is 18.5 Å². The van der Waals surface area contributed by atoms with Gasteiger partial charge in [-0.25, -0.2) is 0 Å². The summed E-state index contributed by atoms with van der Waals surface area (Å²) in [5.74, 6) is 0. The molecule has 1 aliphatic rings. The fourth-order valence-electron chi connectivity index (χ4n) is 1.65. The summed E-state index contributed by atoms with van der Waals surface area (Å²) in [5, 5.41) is 1.17. The monoisotopic (exact) mass is 160 g/mol. The van der Waals surface area contributed by atoms with E-state index in [1.54, 1.807) is 0 Å². The molecule has 3 nitrogen and oxygen atoms in total. The Hall–Kier alpha value is -1.35. The summed E-state index contributed by atoms with van der Waals surface area (Å²) < 4.78 is 5.31. The molecule has 60 valence electrons. The molecule has 0 bridgehead atoms. The van der Waals surface area contributed by atoms with Crippen LogP contribution < -0.4 is 0 Å². The molecule has 2 aromatic rings. The van der Waals surface area contributed by atoms with Crippen LogP contribution in [0.5, 0.6) is 0 Å². The Morgan fingerprint density at radius 1 is 1.42 bits per heavy atom. The number of nitrogens with one attached hydrogen (secondary N) is 1. The van der Waals surface area contributed by atoms with E-state index in [0.717, 1.165) is 5.69 Å². The molecule has 0 aliphatic carbocycles. The first kappa shape index (κ1) is 6.20. The standard InChI is InChI=1S/C9H8N2O/c1-2-10-9-6(1)3-11-8-5-12-4-7(8)9/h1-3,10H,4-5H2. The van der Waals surface area contributed by atoms with Crippen LogP contribution in [0.2, 0.25) is 0 Å². The third-order valence-corrected chi connectivity index (χ3v) is 2.27. The zero-order valence-electron chi connectivity index (χ0n) is 6.50. The van der Waals surface area contributed by atoms with E-state index in [0.29, 0.717) is 13.2 Å². The van der Waals surface area contributed by atoms with Crippen molar-refractivity contribution < 1.29 is 4.74 Å². The quantitative estimate of drug-likeness (QED) is 0.635. The van der Waals surface area contributed by atoms with E-state index in [4.69, 9.17) is 4.74 Å². The summed E-state index contributed by atoms with van der Waals surface area (Å²) in [6, 6.07) is 2.03. The molecular formula is C9H8N2O. The molecule has 3 rings (SSSR count). The summed E-state index contributed by atoms with van der Waals surface area (Å²) >= 11 is 0. The molecule has 0 saturated carbocycles. The number of H-pyrrole nitrogens is 1. The van der Waals surface area contributed by atoms with E-state index >= 15 is 0 Å². The van der Waals surface area contributed by atoms with Crippen molar-refractivity contribution in [1.29, 1.82) is 0 Å². The molecule has 0 fully saturated rings. The van der Waals surface area contributed by atoms with Crippen molar-refractivity contribution in [3.8, 4) is 0 Å². The largest absolute Gasteiger partial charge is 0.370 e. The summed E-state index contributed by atoms with van der Waals surface area (Å²) in [5.41, 5.74) is 3.47. The van der Waals surface area contributed by atoms with Crippen molar-refractivity contribution >= 4 is 10.9 Å². The molecule has 0 saturated heterocycles. The summed E-state index contributed by atoms with van der Waals surface area (Å²) in [6.07, 6.45) is 3.82. The van der Waals surface area contributed by atoms with Crippen molar-refractivity contribution in [2.24, 2.45) is 0 Å². The molecule has 1 N–H and O–H groups in total. The fraction of sp³-hybridized carbons (Fsp3) is 0.222. The number of rotatable bonds is 0. The number of ether oxygens (including phenoxy) is 1. The predicted molar refractivity (Wildman–Crippen MR) is 44.6 cm³/mol. The van der Waals surface area contributed by atoms with Gasteiger partial charge in [0.15, 0.2) is 0 Å². The van der Waals surface area contributed by atoms with Crippen LogP contribution in [0.1, 0.15) is 11.3 Å². The van der Waals surface area contributed by atoms with Crippen molar-refractivity contribution in [3.05, 3.63) is 29.7 Å². The van der Waals surface area contributed by atoms with E-state index in [-0.39, 0.29) is 0 Å². The average molecular weight is 160 g/mol. The van der Waals surface area contributed by atoms with Gasteiger partial charge in [-0.05, 0) is 6.07 Å². The van der Waals surface area contributed by atoms with Crippen LogP contribution in [0, 0.1) is 0 Å². The lowest BCUT2D eigenvalue weighted by atomic mass is 10.2. The zero-order chi connectivity index (χ0) is 7.97. The van der Waals surface area contributed by atoms with Gasteiger partial charge in [0.2, 0.25) is 0 Å². The maximum atomic E-state index is 5.31. The zero-order valence-corrected chi connectivity index (χ0v) is 6.50. The highest BCUT2D eigenvalue weighted by molar-refractivity contribution is 5.82. The van der Waals surface area contributed by atoms with Crippen molar-refractivity contribution in [2.45, 2.75) is 13.2 Å². The number of hydrogen-bond acceptors (Lipinski definition) is 2. The van der Waals surface area contributed by atoms with Crippen LogP contribution in [0.3, 0.4) is 0 Å². The Morgan fingerprint density at radius 2 is 2.42 bits per heavy atom. The SMILES string of the molecule is c1cc2cnc3c(c2[nH]1)COC3. The molecule has 3 heterocycles. The third kappa shape index (κ3) is 0.662. The van der Waals surface area contributed by atoms with E-state index in [1.165, 1.54) is 16.5 Å². The second kappa shape index (κ2) is 2.08. The Bertz CT molecular complexity index is 433. The number of pyridine rings is 1. The van der Waals surface area contributed by atoms with Gasteiger partial charge in [0.05, 0.1) is 24.4 Å². The Kier molecular flexibility index (Phi) is 1.07. The van der Waals surface area contributed by atoms with Gasteiger partial charge in [0, 0.05) is 23.3 Å². The van der Waals surface area contributed by atoms with Gasteiger partial charge in [-0.2, -0.15) is 0 Å². The average Bonchev–Trinajstić information content (AvgIpc) is 2.71. The number of fused-ring (bicyclic) bond motifs is 3. The summed E-state index contributed by atoms with van der Waals surface area (Å²) in [7, 11) is 0. The maximum absolute atomic E-state index is 5.31. The summed E-state index contributed by atoms with van der Waals surface area (Å²) in [4.78, 5) is 7.51. The first-order valence-corrected chi connectivity index (χ1v) is 3.97. The highest BCUT2D eigenvalue weighted by atomic mass is 16.5. The van der Waals surface area contributed by atoms with Gasteiger partial charge in [0.25, 0.3) is 0 Å². The highest BCUT2D eigenvalue weighted by Crippen LogP contribution is 2.24. The van der Waals surface area contributed by atoms with Gasteiger partial charge in [-0.1, -0.05) is 0 Å². The van der Waals surface area contributed by atoms with Crippen molar-refractivity contribution in [3.63, 3.8) is 0 Å². The molecule has 3 heteroatoms. The lowest BCUT2D eigenvalue weighted by Crippen LogP contribution is -1.87. The number of aromatic nitrogens is 2. The van der Waals surface area contributed by atoms with Crippen LogP contribution in [-0.4, -0.2) is 9.97 Å². The van der Waals surface area contributed by atoms with Crippen LogP contribution in [0.4, 0.5) is 0 Å². The minimum absolute atomic E-state index is 0.657. The minimum atomic E-state index is 0.657. The molecule has 0 spiro atoms. The predicted octanol–water partition coefficient (Wildman–Crippen LogP) is 1.59. The van der Waals surface area contributed by atoms with E-state index in [9.17, 15) is 0 Å². The van der Waals surface area contributed by atoms with Crippen molar-refractivity contribution in [2.75, 3.05) is 0 Å². The topological polar surface area (TPSA) is 37.9 Å². The Morgan fingerprint density at radius 3 is 3.42 bits per heavy atom. The highest BCUT2D eigenvalue weighted by Gasteiger charge is 2.15. The third-order valence-electron chi connectivity index (χ3n) is 2.27. The van der Waals surface area contributed by atoms with E-state index < -0.39 is 0 Å².